The molecular formula is C20H22N6O4S. The Labute approximate surface area is 179 Å². The molecule has 3 aromatic rings. The monoisotopic (exact) mass is 442 g/mol. The van der Waals surface area contributed by atoms with Crippen LogP contribution in [0.2, 0.25) is 0 Å². The molecule has 4 N–H and O–H groups in total. The highest BCUT2D eigenvalue weighted by Gasteiger charge is 2.22. The summed E-state index contributed by atoms with van der Waals surface area (Å²) < 4.78 is 27.5. The topological polar surface area (TPSA) is 146 Å². The van der Waals surface area contributed by atoms with Crippen LogP contribution < -0.4 is 15.4 Å². The number of aromatic nitrogens is 3. The molecule has 0 saturated carbocycles. The third kappa shape index (κ3) is 5.74. The number of H-pyrrole nitrogens is 1. The van der Waals surface area contributed by atoms with Crippen molar-refractivity contribution >= 4 is 33.2 Å². The molecule has 2 amide bonds. The van der Waals surface area contributed by atoms with Gasteiger partial charge in [-0.1, -0.05) is 12.1 Å². The highest BCUT2D eigenvalue weighted by molar-refractivity contribution is 7.89. The normalized spacial score (nSPS) is 12.2. The number of hydrogen-bond donors (Lipinski definition) is 4. The first-order chi connectivity index (χ1) is 14.6. The van der Waals surface area contributed by atoms with Gasteiger partial charge >= 0.3 is 0 Å². The Morgan fingerprint density at radius 1 is 1.03 bits per heavy atom. The standard InChI is InChI=1S/C20H22N6O4S/c1-12(26-31(29,30)18-9-7-16(8-10-18)22-14(3)27)20(28)23-17-6-4-5-15(11-17)19-21-13(2)24-25-19/h4-12,26H,1-3H3,(H,22,27)(H,23,28)(H,21,24,25)/t12-/m0/s1. The molecule has 0 aliphatic carbocycles. The number of carbonyl (C=O) groups is 2. The van der Waals surface area contributed by atoms with Crippen LogP contribution in [0.5, 0.6) is 0 Å². The minimum absolute atomic E-state index is 0.0248. The lowest BCUT2D eigenvalue weighted by Gasteiger charge is -2.15. The lowest BCUT2D eigenvalue weighted by Crippen LogP contribution is -2.41. The summed E-state index contributed by atoms with van der Waals surface area (Å²) in [5.74, 6) is 0.366. The summed E-state index contributed by atoms with van der Waals surface area (Å²) >= 11 is 0. The highest BCUT2D eigenvalue weighted by Crippen LogP contribution is 2.20. The van der Waals surface area contributed by atoms with E-state index in [0.29, 0.717) is 28.6 Å². The Kier molecular flexibility index (Phi) is 6.47. The van der Waals surface area contributed by atoms with E-state index >= 15 is 0 Å². The van der Waals surface area contributed by atoms with Crippen LogP contribution in [-0.2, 0) is 19.6 Å². The average Bonchev–Trinajstić information content (AvgIpc) is 3.14. The molecule has 0 aliphatic rings. The van der Waals surface area contributed by atoms with E-state index in [2.05, 4.69) is 30.5 Å². The number of nitrogens with one attached hydrogen (secondary N) is 4. The van der Waals surface area contributed by atoms with Gasteiger partial charge in [-0.2, -0.15) is 9.82 Å². The molecule has 3 rings (SSSR count). The SMILES string of the molecule is CC(=O)Nc1ccc(S(=O)(=O)N[C@@H](C)C(=O)Nc2cccc(-c3n[nH]c(C)n3)c2)cc1. The Morgan fingerprint density at radius 2 is 1.74 bits per heavy atom. The van der Waals surface area contributed by atoms with Crippen LogP contribution in [-0.4, -0.2) is 41.5 Å². The minimum Gasteiger partial charge on any atom is -0.326 e. The summed E-state index contributed by atoms with van der Waals surface area (Å²) in [5.41, 5.74) is 1.66. The first-order valence-electron chi connectivity index (χ1n) is 9.34. The number of rotatable bonds is 7. The number of nitrogens with zero attached hydrogens (tertiary/aromatic N) is 2. The van der Waals surface area contributed by atoms with Crippen molar-refractivity contribution in [1.29, 1.82) is 0 Å². The molecule has 0 saturated heterocycles. The molecule has 1 atom stereocenters. The summed E-state index contributed by atoms with van der Waals surface area (Å²) in [4.78, 5) is 27.8. The maximum absolute atomic E-state index is 12.6. The molecule has 0 spiro atoms. The van der Waals surface area contributed by atoms with E-state index in [0.717, 1.165) is 0 Å². The van der Waals surface area contributed by atoms with Crippen molar-refractivity contribution in [1.82, 2.24) is 19.9 Å². The third-order valence-electron chi connectivity index (χ3n) is 4.20. The molecular weight excluding hydrogens is 420 g/mol. The Balaban J connectivity index is 1.67. The molecule has 1 aromatic heterocycles. The Morgan fingerprint density at radius 3 is 2.35 bits per heavy atom. The van der Waals surface area contributed by atoms with Gasteiger partial charge in [-0.3, -0.25) is 14.7 Å². The van der Waals surface area contributed by atoms with Crippen molar-refractivity contribution in [2.45, 2.75) is 31.7 Å². The van der Waals surface area contributed by atoms with Gasteiger partial charge in [0.25, 0.3) is 0 Å². The second-order valence-electron chi connectivity index (χ2n) is 6.86. The Bertz CT molecular complexity index is 1200. The summed E-state index contributed by atoms with van der Waals surface area (Å²) in [7, 11) is -3.94. The fraction of sp³-hybridized carbons (Fsp3) is 0.200. The van der Waals surface area contributed by atoms with Crippen molar-refractivity contribution in [3.8, 4) is 11.4 Å². The van der Waals surface area contributed by atoms with Crippen LogP contribution in [0, 0.1) is 6.92 Å². The molecule has 2 aromatic carbocycles. The lowest BCUT2D eigenvalue weighted by atomic mass is 10.2. The van der Waals surface area contributed by atoms with Crippen LogP contribution >= 0.6 is 0 Å². The number of benzene rings is 2. The first kappa shape index (κ1) is 22.1. The zero-order chi connectivity index (χ0) is 22.6. The van der Waals surface area contributed by atoms with Crippen molar-refractivity contribution in [3.63, 3.8) is 0 Å². The molecule has 31 heavy (non-hydrogen) atoms. The van der Waals surface area contributed by atoms with Gasteiger partial charge in [-0.05, 0) is 50.2 Å². The van der Waals surface area contributed by atoms with Gasteiger partial charge in [0.15, 0.2) is 5.82 Å². The van der Waals surface area contributed by atoms with Crippen LogP contribution in [0.15, 0.2) is 53.4 Å². The van der Waals surface area contributed by atoms with Gasteiger partial charge in [-0.15, -0.1) is 0 Å². The highest BCUT2D eigenvalue weighted by atomic mass is 32.2. The minimum atomic E-state index is -3.94. The van der Waals surface area contributed by atoms with Crippen molar-refractivity contribution in [3.05, 3.63) is 54.4 Å². The van der Waals surface area contributed by atoms with E-state index in [9.17, 15) is 18.0 Å². The maximum atomic E-state index is 12.6. The van der Waals surface area contributed by atoms with Gasteiger partial charge in [0, 0.05) is 23.9 Å². The van der Waals surface area contributed by atoms with E-state index in [1.165, 1.54) is 38.1 Å². The summed E-state index contributed by atoms with van der Waals surface area (Å²) in [6, 6.07) is 11.5. The van der Waals surface area contributed by atoms with E-state index in [-0.39, 0.29) is 10.8 Å². The van der Waals surface area contributed by atoms with Crippen LogP contribution in [0.3, 0.4) is 0 Å². The van der Waals surface area contributed by atoms with E-state index in [1.54, 1.807) is 31.2 Å². The number of hydrogen-bond acceptors (Lipinski definition) is 6. The van der Waals surface area contributed by atoms with Gasteiger partial charge in [-0.25, -0.2) is 13.4 Å². The summed E-state index contributed by atoms with van der Waals surface area (Å²) in [6.45, 7) is 4.58. The average molecular weight is 443 g/mol. The van der Waals surface area contributed by atoms with Crippen molar-refractivity contribution in [2.75, 3.05) is 10.6 Å². The molecule has 0 radical (unpaired) electrons. The van der Waals surface area contributed by atoms with Gasteiger partial charge in [0.2, 0.25) is 21.8 Å². The lowest BCUT2D eigenvalue weighted by molar-refractivity contribution is -0.117. The maximum Gasteiger partial charge on any atom is 0.242 e. The van der Waals surface area contributed by atoms with E-state index < -0.39 is 22.0 Å². The number of anilines is 2. The number of aromatic amines is 1. The molecule has 11 heteroatoms. The predicted molar refractivity (Wildman–Crippen MR) is 116 cm³/mol. The summed E-state index contributed by atoms with van der Waals surface area (Å²) in [5, 5.41) is 12.1. The molecule has 10 nitrogen and oxygen atoms in total. The van der Waals surface area contributed by atoms with E-state index in [1.807, 2.05) is 0 Å². The molecule has 0 bridgehead atoms. The first-order valence-corrected chi connectivity index (χ1v) is 10.8. The number of amides is 2. The third-order valence-corrected chi connectivity index (χ3v) is 5.75. The van der Waals surface area contributed by atoms with Crippen LogP contribution in [0.25, 0.3) is 11.4 Å². The molecule has 162 valence electrons. The van der Waals surface area contributed by atoms with Gasteiger partial charge in [0.1, 0.15) is 5.82 Å². The smallest absolute Gasteiger partial charge is 0.242 e. The second kappa shape index (κ2) is 9.06. The van der Waals surface area contributed by atoms with Crippen LogP contribution in [0.4, 0.5) is 11.4 Å². The van der Waals surface area contributed by atoms with E-state index in [4.69, 9.17) is 0 Å². The number of sulfonamides is 1. The van der Waals surface area contributed by atoms with Crippen molar-refractivity contribution < 1.29 is 18.0 Å². The fourth-order valence-electron chi connectivity index (χ4n) is 2.73. The largest absolute Gasteiger partial charge is 0.326 e. The molecule has 1 heterocycles. The molecule has 0 aliphatic heterocycles. The number of carbonyl (C=O) groups excluding carboxylic acids is 2. The van der Waals surface area contributed by atoms with Crippen LogP contribution in [0.1, 0.15) is 19.7 Å². The summed E-state index contributed by atoms with van der Waals surface area (Å²) in [6.07, 6.45) is 0. The van der Waals surface area contributed by atoms with Gasteiger partial charge in [0.05, 0.1) is 10.9 Å². The molecule has 0 unspecified atom stereocenters. The predicted octanol–water partition coefficient (Wildman–Crippen LogP) is 2.04. The zero-order valence-corrected chi connectivity index (χ0v) is 17.9. The zero-order valence-electron chi connectivity index (χ0n) is 17.1. The molecule has 0 fully saturated rings. The fourth-order valence-corrected chi connectivity index (χ4v) is 3.94. The second-order valence-corrected chi connectivity index (χ2v) is 8.58. The number of aryl methyl sites for hydroxylation is 1. The van der Waals surface area contributed by atoms with Crippen molar-refractivity contribution in [2.24, 2.45) is 0 Å². The van der Waals surface area contributed by atoms with Gasteiger partial charge < -0.3 is 10.6 Å². The quantitative estimate of drug-likeness (QED) is 0.440. The Hall–Kier alpha value is -3.57.